The van der Waals surface area contributed by atoms with Gasteiger partial charge in [-0.15, -0.1) is 0 Å². The van der Waals surface area contributed by atoms with E-state index in [0.29, 0.717) is 61.6 Å². The Morgan fingerprint density at radius 1 is 0.394 bits per heavy atom. The number of aryl methyl sites for hydroxylation is 1. The molecule has 0 fully saturated rings. The summed E-state index contributed by atoms with van der Waals surface area (Å²) in [6.07, 6.45) is -14.3. The Hall–Kier alpha value is -8.77. The molecule has 0 N–H and O–H groups in total. The first-order valence-electron chi connectivity index (χ1n) is 21.9. The van der Waals surface area contributed by atoms with Crippen molar-refractivity contribution in [2.24, 2.45) is 0 Å². The van der Waals surface area contributed by atoms with Crippen LogP contribution in [0.1, 0.15) is 27.8 Å². The van der Waals surface area contributed by atoms with Crippen LogP contribution in [0.25, 0.3) is 100 Å². The number of rotatable bonds is 6. The Balaban J connectivity index is 1.25. The Kier molecular flexibility index (Phi) is 10.4. The largest absolute Gasteiger partial charge is 0.416 e. The Morgan fingerprint density at radius 3 is 1.27 bits per heavy atom. The minimum atomic E-state index is -4.83. The molecule has 0 amide bonds. The fourth-order valence-electron chi connectivity index (χ4n) is 9.25. The van der Waals surface area contributed by atoms with Crippen molar-refractivity contribution in [3.05, 3.63) is 198 Å². The fraction of sp³-hybridized carbons (Fsp3) is 0.0714. The summed E-state index contributed by atoms with van der Waals surface area (Å²) in [5.41, 5.74) is 2.22. The van der Waals surface area contributed by atoms with Gasteiger partial charge in [0.05, 0.1) is 61.8 Å². The van der Waals surface area contributed by atoms with Gasteiger partial charge in [-0.3, -0.25) is 0 Å². The molecule has 3 aromatic heterocycles. The molecule has 11 rings (SSSR count). The predicted molar refractivity (Wildman–Crippen MR) is 255 cm³/mol. The van der Waals surface area contributed by atoms with Crippen molar-refractivity contribution in [2.75, 3.05) is 0 Å². The molecule has 348 valence electrons. The van der Waals surface area contributed by atoms with Gasteiger partial charge >= 0.3 is 18.5 Å². The smallest absolute Gasteiger partial charge is 0.309 e. The molecule has 0 bridgehead atoms. The number of hydrogen-bond donors (Lipinski definition) is 0. The highest BCUT2D eigenvalue weighted by molar-refractivity contribution is 6.12. The number of alkyl halides is 9. The van der Waals surface area contributed by atoms with E-state index in [9.17, 15) is 44.8 Å². The van der Waals surface area contributed by atoms with Gasteiger partial charge in [0, 0.05) is 49.4 Å². The maximum Gasteiger partial charge on any atom is 0.416 e. The zero-order valence-corrected chi connectivity index (χ0v) is 36.8. The SMILES string of the molecule is Cc1ccc2c(c1)c1cc(C(F)(F)F)ccc1n2-c1cc(-c2nc(-c3ccccc3)nc(-c3ccccc3)n2)ccc1-c1cc(C#N)ccc1-n1c2ccc(C(F)(F)F)cc2c2cc(C(F)(F)F)ccc21. The highest BCUT2D eigenvalue weighted by atomic mass is 19.4. The Bertz CT molecular complexity index is 3850. The molecular weight excluding hydrogens is 928 g/mol. The summed E-state index contributed by atoms with van der Waals surface area (Å²) in [5, 5.41) is 10.9. The second-order valence-corrected chi connectivity index (χ2v) is 17.0. The lowest BCUT2D eigenvalue weighted by atomic mass is 9.96. The monoisotopic (exact) mass is 958 g/mol. The molecular formula is C56H31F9N6. The minimum Gasteiger partial charge on any atom is -0.309 e. The summed E-state index contributed by atoms with van der Waals surface area (Å²) in [5.74, 6) is 0.936. The molecule has 0 spiro atoms. The first-order valence-corrected chi connectivity index (χ1v) is 21.9. The van der Waals surface area contributed by atoms with Crippen molar-refractivity contribution in [1.82, 2.24) is 24.1 Å². The third-order valence-corrected chi connectivity index (χ3v) is 12.5. The molecule has 0 saturated heterocycles. The minimum absolute atomic E-state index is 0.108. The lowest BCUT2D eigenvalue weighted by Crippen LogP contribution is -2.06. The standard InChI is InChI=1S/C56H31F9N6/c1-31-12-19-45-40(24-31)42-27-36(54(57,58)59)17-23-49(42)71(45)50-26-35(53-68-51(33-8-4-2-5-9-33)67-52(69-53)34-10-6-3-7-11-34)14-18-39(50)41-25-32(30-66)13-20-46(41)70-47-21-15-37(55(60,61)62)28-43(47)44-29-38(56(63,64)65)16-22-48(44)70/h2-29H,1H3. The van der Waals surface area contributed by atoms with Crippen molar-refractivity contribution in [1.29, 1.82) is 5.26 Å². The number of nitriles is 1. The van der Waals surface area contributed by atoms with Gasteiger partial charge < -0.3 is 9.13 Å². The van der Waals surface area contributed by atoms with Crippen LogP contribution in [0.5, 0.6) is 0 Å². The summed E-state index contributed by atoms with van der Waals surface area (Å²) in [6, 6.07) is 45.1. The van der Waals surface area contributed by atoms with E-state index in [4.69, 9.17) is 15.0 Å². The highest BCUT2D eigenvalue weighted by Crippen LogP contribution is 2.45. The molecule has 11 aromatic rings. The molecule has 0 aliphatic carbocycles. The molecule has 0 saturated carbocycles. The van der Waals surface area contributed by atoms with E-state index >= 15 is 0 Å². The highest BCUT2D eigenvalue weighted by Gasteiger charge is 2.35. The topological polar surface area (TPSA) is 72.3 Å². The molecule has 0 aliphatic rings. The van der Waals surface area contributed by atoms with Crippen molar-refractivity contribution in [3.63, 3.8) is 0 Å². The number of aromatic nitrogens is 5. The van der Waals surface area contributed by atoms with E-state index < -0.39 is 35.2 Å². The second-order valence-electron chi connectivity index (χ2n) is 17.0. The van der Waals surface area contributed by atoms with Gasteiger partial charge in [0.2, 0.25) is 0 Å². The van der Waals surface area contributed by atoms with Crippen LogP contribution in [0, 0.1) is 18.3 Å². The normalized spacial score (nSPS) is 12.4. The van der Waals surface area contributed by atoms with E-state index in [1.807, 2.05) is 73.7 Å². The molecule has 0 radical (unpaired) electrons. The molecule has 0 atom stereocenters. The van der Waals surface area contributed by atoms with Gasteiger partial charge in [-0.05, 0) is 97.9 Å². The van der Waals surface area contributed by atoms with Gasteiger partial charge in [-0.1, -0.05) is 84.4 Å². The molecule has 0 aliphatic heterocycles. The second kappa shape index (κ2) is 16.4. The molecule has 6 nitrogen and oxygen atoms in total. The maximum atomic E-state index is 14.4. The van der Waals surface area contributed by atoms with E-state index in [1.54, 1.807) is 51.6 Å². The number of halogens is 9. The first-order chi connectivity index (χ1) is 33.9. The van der Waals surface area contributed by atoms with Crippen molar-refractivity contribution >= 4 is 43.6 Å². The zero-order chi connectivity index (χ0) is 49.6. The van der Waals surface area contributed by atoms with Crippen molar-refractivity contribution in [3.8, 4) is 62.7 Å². The predicted octanol–water partition coefficient (Wildman–Crippen LogP) is 16.0. The molecule has 71 heavy (non-hydrogen) atoms. The van der Waals surface area contributed by atoms with Crippen molar-refractivity contribution < 1.29 is 39.5 Å². The lowest BCUT2D eigenvalue weighted by Gasteiger charge is -2.20. The van der Waals surface area contributed by atoms with Crippen LogP contribution in [-0.2, 0) is 18.5 Å². The average molecular weight is 959 g/mol. The third kappa shape index (κ3) is 7.87. The zero-order valence-electron chi connectivity index (χ0n) is 36.8. The van der Waals surface area contributed by atoms with E-state index in [1.165, 1.54) is 24.3 Å². The molecule has 0 unspecified atom stereocenters. The van der Waals surface area contributed by atoms with Crippen LogP contribution < -0.4 is 0 Å². The number of nitrogens with zero attached hydrogens (tertiary/aromatic N) is 6. The van der Waals surface area contributed by atoms with Gasteiger partial charge in [-0.2, -0.15) is 44.8 Å². The van der Waals surface area contributed by atoms with Crippen LogP contribution in [-0.4, -0.2) is 24.1 Å². The molecule has 3 heterocycles. The van der Waals surface area contributed by atoms with Gasteiger partial charge in [-0.25, -0.2) is 15.0 Å². The molecule has 15 heteroatoms. The fourth-order valence-corrected chi connectivity index (χ4v) is 9.25. The maximum absolute atomic E-state index is 14.4. The Morgan fingerprint density at radius 2 is 0.817 bits per heavy atom. The number of benzene rings is 8. The quantitative estimate of drug-likeness (QED) is 0.156. The van der Waals surface area contributed by atoms with Gasteiger partial charge in [0.15, 0.2) is 17.5 Å². The van der Waals surface area contributed by atoms with Crippen LogP contribution in [0.4, 0.5) is 39.5 Å². The lowest BCUT2D eigenvalue weighted by molar-refractivity contribution is -0.138. The summed E-state index contributed by atoms with van der Waals surface area (Å²) >= 11 is 0. The van der Waals surface area contributed by atoms with Crippen LogP contribution >= 0.6 is 0 Å². The van der Waals surface area contributed by atoms with E-state index in [2.05, 4.69) is 6.07 Å². The summed E-state index contributed by atoms with van der Waals surface area (Å²) in [6.45, 7) is 1.82. The van der Waals surface area contributed by atoms with E-state index in [0.717, 1.165) is 42.0 Å². The number of hydrogen-bond acceptors (Lipinski definition) is 4. The molecule has 8 aromatic carbocycles. The van der Waals surface area contributed by atoms with Gasteiger partial charge in [0.1, 0.15) is 0 Å². The average Bonchev–Trinajstić information content (AvgIpc) is 3.86. The third-order valence-electron chi connectivity index (χ3n) is 12.5. The summed E-state index contributed by atoms with van der Waals surface area (Å²) < 4.78 is 132. The summed E-state index contributed by atoms with van der Waals surface area (Å²) in [7, 11) is 0. The van der Waals surface area contributed by atoms with Crippen LogP contribution in [0.2, 0.25) is 0 Å². The van der Waals surface area contributed by atoms with Crippen LogP contribution in [0.3, 0.4) is 0 Å². The van der Waals surface area contributed by atoms with Crippen LogP contribution in [0.15, 0.2) is 170 Å². The number of fused-ring (bicyclic) bond motifs is 6. The Labute approximate surface area is 397 Å². The van der Waals surface area contributed by atoms with Gasteiger partial charge in [0.25, 0.3) is 0 Å². The first kappa shape index (κ1) is 44.7. The van der Waals surface area contributed by atoms with E-state index in [-0.39, 0.29) is 44.3 Å². The van der Waals surface area contributed by atoms with Crippen molar-refractivity contribution in [2.45, 2.75) is 25.5 Å². The summed E-state index contributed by atoms with van der Waals surface area (Å²) in [4.78, 5) is 14.7.